The van der Waals surface area contributed by atoms with Gasteiger partial charge in [0.25, 0.3) is 0 Å². The van der Waals surface area contributed by atoms with Crippen molar-refractivity contribution in [2.75, 3.05) is 6.61 Å². The van der Waals surface area contributed by atoms with Crippen LogP contribution in [0.15, 0.2) is 0 Å². The van der Waals surface area contributed by atoms with E-state index in [1.54, 1.807) is 0 Å². The first-order valence-corrected chi connectivity index (χ1v) is 3.22. The summed E-state index contributed by atoms with van der Waals surface area (Å²) in [6.07, 6.45) is 4.13. The second kappa shape index (κ2) is 1.71. The van der Waals surface area contributed by atoms with Crippen LogP contribution in [0.4, 0.5) is 0 Å². The molecule has 2 saturated heterocycles. The lowest BCUT2D eigenvalue weighted by molar-refractivity contribution is -0.173. The van der Waals surface area contributed by atoms with Crippen LogP contribution < -0.4 is 0 Å². The zero-order chi connectivity index (χ0) is 5.40. The monoisotopic (exact) mass is 114 g/mol. The summed E-state index contributed by atoms with van der Waals surface area (Å²) in [5.74, 6) is 0. The molecule has 0 N–H and O–H groups in total. The Morgan fingerprint density at radius 1 is 1.12 bits per heavy atom. The molecule has 46 valence electrons. The van der Waals surface area contributed by atoms with E-state index in [1.165, 1.54) is 6.42 Å². The fourth-order valence-corrected chi connectivity index (χ4v) is 1.34. The van der Waals surface area contributed by atoms with Crippen LogP contribution in [0, 0.1) is 0 Å². The molecule has 0 saturated carbocycles. The van der Waals surface area contributed by atoms with Crippen molar-refractivity contribution in [1.29, 1.82) is 0 Å². The van der Waals surface area contributed by atoms with Crippen LogP contribution in [0.1, 0.15) is 19.3 Å². The van der Waals surface area contributed by atoms with Gasteiger partial charge >= 0.3 is 0 Å². The Labute approximate surface area is 48.8 Å². The fraction of sp³-hybridized carbons (Fsp3) is 1.00. The van der Waals surface area contributed by atoms with Gasteiger partial charge in [-0.1, -0.05) is 0 Å². The molecular formula is C6H10O2. The van der Waals surface area contributed by atoms with E-state index in [0.29, 0.717) is 6.10 Å². The van der Waals surface area contributed by atoms with Gasteiger partial charge in [0.15, 0.2) is 6.29 Å². The van der Waals surface area contributed by atoms with Crippen LogP contribution in [-0.4, -0.2) is 19.0 Å². The van der Waals surface area contributed by atoms with Crippen molar-refractivity contribution in [2.24, 2.45) is 0 Å². The maximum atomic E-state index is 5.38. The lowest BCUT2D eigenvalue weighted by Crippen LogP contribution is -2.22. The van der Waals surface area contributed by atoms with E-state index < -0.39 is 0 Å². The van der Waals surface area contributed by atoms with Gasteiger partial charge in [0, 0.05) is 6.42 Å². The van der Waals surface area contributed by atoms with Crippen LogP contribution in [0.2, 0.25) is 0 Å². The third kappa shape index (κ3) is 0.644. The molecule has 2 aliphatic heterocycles. The van der Waals surface area contributed by atoms with E-state index in [-0.39, 0.29) is 6.29 Å². The number of hydrogen-bond acceptors (Lipinski definition) is 2. The van der Waals surface area contributed by atoms with Crippen molar-refractivity contribution in [3.8, 4) is 0 Å². The second-order valence-corrected chi connectivity index (χ2v) is 2.42. The molecule has 2 heterocycles. The van der Waals surface area contributed by atoms with Crippen molar-refractivity contribution in [3.63, 3.8) is 0 Å². The van der Waals surface area contributed by atoms with Crippen molar-refractivity contribution < 1.29 is 9.47 Å². The largest absolute Gasteiger partial charge is 0.353 e. The number of fused-ring (bicyclic) bond motifs is 2. The first-order chi connectivity index (χ1) is 3.95. The summed E-state index contributed by atoms with van der Waals surface area (Å²) in [5, 5.41) is 0. The molecule has 2 nitrogen and oxygen atoms in total. The molecule has 2 unspecified atom stereocenters. The van der Waals surface area contributed by atoms with E-state index in [1.807, 2.05) is 0 Å². The minimum Gasteiger partial charge on any atom is -0.353 e. The maximum absolute atomic E-state index is 5.38. The van der Waals surface area contributed by atoms with Gasteiger partial charge in [-0.05, 0) is 12.8 Å². The first-order valence-electron chi connectivity index (χ1n) is 3.22. The standard InChI is InChI=1S/C6H10O2/c1-2-6-7-4-3-5(1)8-6/h5-6H,1-4H2. The van der Waals surface area contributed by atoms with Gasteiger partial charge in [-0.2, -0.15) is 0 Å². The van der Waals surface area contributed by atoms with Gasteiger partial charge in [0.05, 0.1) is 12.7 Å². The molecule has 2 atom stereocenters. The molecule has 0 spiro atoms. The average Bonchev–Trinajstić information content (AvgIpc) is 2.12. The number of rotatable bonds is 0. The SMILES string of the molecule is C1CC2CCC(O1)O2. The fourth-order valence-electron chi connectivity index (χ4n) is 1.34. The molecule has 2 rings (SSSR count). The normalized spacial score (nSPS) is 45.0. The zero-order valence-corrected chi connectivity index (χ0v) is 4.80. The first kappa shape index (κ1) is 4.77. The minimum absolute atomic E-state index is 0.161. The van der Waals surface area contributed by atoms with Gasteiger partial charge in [-0.3, -0.25) is 0 Å². The summed E-state index contributed by atoms with van der Waals surface area (Å²) in [4.78, 5) is 0. The molecule has 0 aromatic heterocycles. The molecule has 2 bridgehead atoms. The van der Waals surface area contributed by atoms with E-state index in [2.05, 4.69) is 0 Å². The Kier molecular flexibility index (Phi) is 1.02. The van der Waals surface area contributed by atoms with Crippen molar-refractivity contribution in [2.45, 2.75) is 31.7 Å². The van der Waals surface area contributed by atoms with Crippen LogP contribution in [0.5, 0.6) is 0 Å². The molecule has 0 aromatic carbocycles. The lowest BCUT2D eigenvalue weighted by atomic mass is 10.2. The summed E-state index contributed by atoms with van der Waals surface area (Å²) in [6.45, 7) is 0.912. The summed E-state index contributed by atoms with van der Waals surface area (Å²) < 4.78 is 10.6. The predicted octanol–water partition coefficient (Wildman–Crippen LogP) is 0.912. The van der Waals surface area contributed by atoms with Crippen molar-refractivity contribution in [3.05, 3.63) is 0 Å². The third-order valence-corrected chi connectivity index (χ3v) is 1.81. The van der Waals surface area contributed by atoms with Crippen molar-refractivity contribution in [1.82, 2.24) is 0 Å². The Hall–Kier alpha value is -0.0800. The maximum Gasteiger partial charge on any atom is 0.158 e. The van der Waals surface area contributed by atoms with Gasteiger partial charge < -0.3 is 9.47 Å². The van der Waals surface area contributed by atoms with Crippen LogP contribution in [0.25, 0.3) is 0 Å². The second-order valence-electron chi connectivity index (χ2n) is 2.42. The Bertz CT molecular complexity index is 78.5. The number of hydrogen-bond donors (Lipinski definition) is 0. The molecule has 2 aliphatic rings. The third-order valence-electron chi connectivity index (χ3n) is 1.81. The van der Waals surface area contributed by atoms with E-state index in [9.17, 15) is 0 Å². The zero-order valence-electron chi connectivity index (χ0n) is 4.80. The Morgan fingerprint density at radius 3 is 2.88 bits per heavy atom. The highest BCUT2D eigenvalue weighted by Crippen LogP contribution is 2.27. The summed E-state index contributed by atoms with van der Waals surface area (Å²) in [5.41, 5.74) is 0. The van der Waals surface area contributed by atoms with Crippen LogP contribution in [0.3, 0.4) is 0 Å². The van der Waals surface area contributed by atoms with E-state index in [0.717, 1.165) is 19.4 Å². The molecule has 0 amide bonds. The van der Waals surface area contributed by atoms with Crippen LogP contribution >= 0.6 is 0 Å². The van der Waals surface area contributed by atoms with Gasteiger partial charge in [0.1, 0.15) is 0 Å². The highest BCUT2D eigenvalue weighted by atomic mass is 16.7. The lowest BCUT2D eigenvalue weighted by Gasteiger charge is -2.19. The summed E-state index contributed by atoms with van der Waals surface area (Å²) in [7, 11) is 0. The highest BCUT2D eigenvalue weighted by molar-refractivity contribution is 4.71. The molecule has 0 aliphatic carbocycles. The average molecular weight is 114 g/mol. The molecule has 0 aromatic rings. The summed E-state index contributed by atoms with van der Waals surface area (Å²) in [6, 6.07) is 0. The Morgan fingerprint density at radius 2 is 2.12 bits per heavy atom. The van der Waals surface area contributed by atoms with Gasteiger partial charge in [-0.15, -0.1) is 0 Å². The van der Waals surface area contributed by atoms with Crippen molar-refractivity contribution >= 4 is 0 Å². The predicted molar refractivity (Wildman–Crippen MR) is 28.5 cm³/mol. The van der Waals surface area contributed by atoms with E-state index in [4.69, 9.17) is 9.47 Å². The smallest absolute Gasteiger partial charge is 0.158 e. The molecule has 2 fully saturated rings. The van der Waals surface area contributed by atoms with Gasteiger partial charge in [0.2, 0.25) is 0 Å². The Balaban J connectivity index is 2.03. The van der Waals surface area contributed by atoms with Gasteiger partial charge in [-0.25, -0.2) is 0 Å². The minimum atomic E-state index is 0.161. The molecule has 0 radical (unpaired) electrons. The van der Waals surface area contributed by atoms with E-state index >= 15 is 0 Å². The highest BCUT2D eigenvalue weighted by Gasteiger charge is 2.29. The topological polar surface area (TPSA) is 18.5 Å². The molecule has 2 heteroatoms. The molecular weight excluding hydrogens is 104 g/mol. The summed E-state index contributed by atoms with van der Waals surface area (Å²) >= 11 is 0. The quantitative estimate of drug-likeness (QED) is 0.466. The molecule has 8 heavy (non-hydrogen) atoms. The number of ether oxygens (including phenoxy) is 2. The van der Waals surface area contributed by atoms with Crippen LogP contribution in [-0.2, 0) is 9.47 Å².